The highest BCUT2D eigenvalue weighted by Gasteiger charge is 2.30. The molecule has 0 bridgehead atoms. The van der Waals surface area contributed by atoms with E-state index in [1.165, 1.54) is 0 Å². The largest absolute Gasteiger partial charge is 0.312 e. The number of para-hydroxylation sites is 1. The normalized spacial score (nSPS) is 19.4. The number of carbonyl (C=O) groups is 1. The Labute approximate surface area is 110 Å². The molecule has 1 aliphatic heterocycles. The molecule has 2 aromatic rings. The summed E-state index contributed by atoms with van der Waals surface area (Å²) in [6.07, 6.45) is 3.37. The summed E-state index contributed by atoms with van der Waals surface area (Å²) in [6, 6.07) is 9.89. The van der Waals surface area contributed by atoms with Crippen LogP contribution in [0.15, 0.2) is 41.9 Å². The molecule has 92 valence electrons. The van der Waals surface area contributed by atoms with Crippen LogP contribution in [0.25, 0.3) is 0 Å². The van der Waals surface area contributed by atoms with Crippen molar-refractivity contribution < 1.29 is 4.79 Å². The van der Waals surface area contributed by atoms with Gasteiger partial charge in [0.2, 0.25) is 5.91 Å². The zero-order valence-electron chi connectivity index (χ0n) is 9.95. The van der Waals surface area contributed by atoms with Crippen molar-refractivity contribution in [2.75, 3.05) is 11.4 Å². The molecule has 0 radical (unpaired) electrons. The monoisotopic (exact) mass is 258 g/mol. The van der Waals surface area contributed by atoms with Crippen molar-refractivity contribution in [2.24, 2.45) is 5.92 Å². The van der Waals surface area contributed by atoms with Gasteiger partial charge in [0.15, 0.2) is 0 Å². The Morgan fingerprint density at radius 2 is 2.17 bits per heavy atom. The predicted molar refractivity (Wildman–Crippen MR) is 72.7 cm³/mol. The number of benzene rings is 1. The molecular weight excluding hydrogens is 244 g/mol. The lowest BCUT2D eigenvalue weighted by atomic mass is 10.1. The summed E-state index contributed by atoms with van der Waals surface area (Å²) >= 11 is 1.67. The second-order valence-electron chi connectivity index (χ2n) is 4.54. The molecule has 2 heterocycles. The van der Waals surface area contributed by atoms with Crippen LogP contribution >= 0.6 is 11.3 Å². The van der Waals surface area contributed by atoms with Crippen LogP contribution in [-0.4, -0.2) is 17.4 Å². The molecule has 1 aromatic heterocycles. The molecule has 0 saturated carbocycles. The molecule has 4 heteroatoms. The lowest BCUT2D eigenvalue weighted by Gasteiger charge is -2.16. The molecule has 3 nitrogen and oxygen atoms in total. The Kier molecular flexibility index (Phi) is 3.11. The van der Waals surface area contributed by atoms with E-state index in [1.54, 1.807) is 11.3 Å². The van der Waals surface area contributed by atoms with Gasteiger partial charge >= 0.3 is 0 Å². The summed E-state index contributed by atoms with van der Waals surface area (Å²) in [4.78, 5) is 18.2. The van der Waals surface area contributed by atoms with E-state index in [4.69, 9.17) is 0 Å². The average molecular weight is 258 g/mol. The molecule has 0 unspecified atom stereocenters. The first-order chi connectivity index (χ1) is 8.83. The number of anilines is 1. The maximum absolute atomic E-state index is 12.0. The molecule has 0 N–H and O–H groups in total. The van der Waals surface area contributed by atoms with Crippen LogP contribution in [0.3, 0.4) is 0 Å². The van der Waals surface area contributed by atoms with Crippen molar-refractivity contribution in [2.45, 2.75) is 12.8 Å². The van der Waals surface area contributed by atoms with Gasteiger partial charge < -0.3 is 4.90 Å². The van der Waals surface area contributed by atoms with E-state index in [0.717, 1.165) is 23.7 Å². The molecule has 1 atom stereocenters. The van der Waals surface area contributed by atoms with E-state index < -0.39 is 0 Å². The highest BCUT2D eigenvalue weighted by atomic mass is 32.1. The molecular formula is C14H14N2OS. The minimum Gasteiger partial charge on any atom is -0.312 e. The van der Waals surface area contributed by atoms with Gasteiger partial charge in [0.25, 0.3) is 0 Å². The minimum absolute atomic E-state index is 0.225. The zero-order chi connectivity index (χ0) is 12.4. The van der Waals surface area contributed by atoms with Crippen molar-refractivity contribution in [1.29, 1.82) is 0 Å². The third-order valence-electron chi connectivity index (χ3n) is 3.22. The van der Waals surface area contributed by atoms with Gasteiger partial charge in [-0.3, -0.25) is 4.79 Å². The van der Waals surface area contributed by atoms with Crippen LogP contribution in [0, 0.1) is 5.92 Å². The van der Waals surface area contributed by atoms with Gasteiger partial charge in [-0.05, 0) is 18.1 Å². The van der Waals surface area contributed by atoms with E-state index in [1.807, 2.05) is 46.8 Å². The van der Waals surface area contributed by atoms with Crippen LogP contribution in [0.4, 0.5) is 5.69 Å². The minimum atomic E-state index is 0.225. The third-order valence-corrected chi connectivity index (χ3v) is 4.02. The van der Waals surface area contributed by atoms with Gasteiger partial charge in [0.05, 0.1) is 5.01 Å². The molecule has 3 rings (SSSR count). The van der Waals surface area contributed by atoms with Crippen molar-refractivity contribution in [3.05, 3.63) is 46.9 Å². The smallest absolute Gasteiger partial charge is 0.227 e. The first-order valence-corrected chi connectivity index (χ1v) is 6.94. The second kappa shape index (κ2) is 4.90. The van der Waals surface area contributed by atoms with Crippen molar-refractivity contribution >= 4 is 22.9 Å². The average Bonchev–Trinajstić information content (AvgIpc) is 3.01. The van der Waals surface area contributed by atoms with E-state index in [-0.39, 0.29) is 5.91 Å². The quantitative estimate of drug-likeness (QED) is 0.848. The molecule has 1 aromatic carbocycles. The standard InChI is InChI=1S/C14H14N2OS/c17-14-9-11(8-13-15-6-7-18-13)10-16(14)12-4-2-1-3-5-12/h1-7,11H,8-10H2/t11-/m0/s1. The Balaban J connectivity index is 1.71. The van der Waals surface area contributed by atoms with E-state index in [9.17, 15) is 4.79 Å². The van der Waals surface area contributed by atoms with Crippen molar-refractivity contribution in [3.63, 3.8) is 0 Å². The predicted octanol–water partition coefficient (Wildman–Crippen LogP) is 2.74. The van der Waals surface area contributed by atoms with Crippen LogP contribution in [0.1, 0.15) is 11.4 Å². The number of amides is 1. The molecule has 1 fully saturated rings. The van der Waals surface area contributed by atoms with Gasteiger partial charge in [0.1, 0.15) is 0 Å². The van der Waals surface area contributed by atoms with Gasteiger partial charge in [-0.15, -0.1) is 11.3 Å². The number of nitrogens with zero attached hydrogens (tertiary/aromatic N) is 2. The van der Waals surface area contributed by atoms with Crippen LogP contribution < -0.4 is 4.90 Å². The highest BCUT2D eigenvalue weighted by Crippen LogP contribution is 2.27. The SMILES string of the molecule is O=C1C[C@H](Cc2nccs2)CN1c1ccccc1. The number of carbonyl (C=O) groups excluding carboxylic acids is 1. The lowest BCUT2D eigenvalue weighted by molar-refractivity contribution is -0.117. The summed E-state index contributed by atoms with van der Waals surface area (Å²) in [6.45, 7) is 0.808. The molecule has 1 aliphatic rings. The van der Waals surface area contributed by atoms with Crippen LogP contribution in [-0.2, 0) is 11.2 Å². The fraction of sp³-hybridized carbons (Fsp3) is 0.286. The molecule has 1 amide bonds. The molecule has 1 saturated heterocycles. The lowest BCUT2D eigenvalue weighted by Crippen LogP contribution is -2.24. The fourth-order valence-corrected chi connectivity index (χ4v) is 3.11. The number of hydrogen-bond donors (Lipinski definition) is 0. The van der Waals surface area contributed by atoms with Crippen molar-refractivity contribution in [3.8, 4) is 0 Å². The summed E-state index contributed by atoms with van der Waals surface area (Å²) in [7, 11) is 0. The molecule has 0 spiro atoms. The van der Waals surface area contributed by atoms with Gasteiger partial charge in [0, 0.05) is 36.7 Å². The first-order valence-electron chi connectivity index (χ1n) is 6.07. The van der Waals surface area contributed by atoms with Gasteiger partial charge in [-0.2, -0.15) is 0 Å². The van der Waals surface area contributed by atoms with E-state index in [2.05, 4.69) is 4.98 Å². The number of aromatic nitrogens is 1. The number of rotatable bonds is 3. The zero-order valence-corrected chi connectivity index (χ0v) is 10.8. The third kappa shape index (κ3) is 2.29. The highest BCUT2D eigenvalue weighted by molar-refractivity contribution is 7.09. The summed E-state index contributed by atoms with van der Waals surface area (Å²) < 4.78 is 0. The molecule has 18 heavy (non-hydrogen) atoms. The number of hydrogen-bond acceptors (Lipinski definition) is 3. The van der Waals surface area contributed by atoms with Crippen LogP contribution in [0.2, 0.25) is 0 Å². The van der Waals surface area contributed by atoms with Gasteiger partial charge in [-0.1, -0.05) is 18.2 Å². The summed E-state index contributed by atoms with van der Waals surface area (Å²) in [5.74, 6) is 0.617. The summed E-state index contributed by atoms with van der Waals surface area (Å²) in [5.41, 5.74) is 1.00. The second-order valence-corrected chi connectivity index (χ2v) is 5.52. The van der Waals surface area contributed by atoms with Gasteiger partial charge in [-0.25, -0.2) is 4.98 Å². The Morgan fingerprint density at radius 3 is 2.89 bits per heavy atom. The topological polar surface area (TPSA) is 33.2 Å². The first kappa shape index (κ1) is 11.4. The molecule has 0 aliphatic carbocycles. The Morgan fingerprint density at radius 1 is 1.33 bits per heavy atom. The maximum Gasteiger partial charge on any atom is 0.227 e. The van der Waals surface area contributed by atoms with E-state index in [0.29, 0.717) is 12.3 Å². The fourth-order valence-electron chi connectivity index (χ4n) is 2.38. The summed E-state index contributed by atoms with van der Waals surface area (Å²) in [5, 5.41) is 3.11. The van der Waals surface area contributed by atoms with E-state index >= 15 is 0 Å². The maximum atomic E-state index is 12.0. The Hall–Kier alpha value is -1.68. The number of thiazole rings is 1. The Bertz CT molecular complexity index is 524. The van der Waals surface area contributed by atoms with Crippen molar-refractivity contribution in [1.82, 2.24) is 4.98 Å². The van der Waals surface area contributed by atoms with Crippen LogP contribution in [0.5, 0.6) is 0 Å².